The first kappa shape index (κ1) is 15.6. The Hall–Kier alpha value is -0.910. The molecule has 1 saturated carbocycles. The number of thiophene rings is 1. The molecule has 2 atom stereocenters. The monoisotopic (exact) mass is 334 g/mol. The number of hydrogen-bond acceptors (Lipinski definition) is 4. The molecular weight excluding hydrogens is 308 g/mol. The van der Waals surface area contributed by atoms with Gasteiger partial charge in [-0.1, -0.05) is 0 Å². The number of piperidine rings is 1. The second-order valence-electron chi connectivity index (χ2n) is 7.41. The van der Waals surface area contributed by atoms with Crippen LogP contribution >= 0.6 is 11.3 Å². The zero-order valence-corrected chi connectivity index (χ0v) is 14.7. The zero-order chi connectivity index (χ0) is 15.9. The normalized spacial score (nSPS) is 29.8. The highest BCUT2D eigenvalue weighted by Gasteiger charge is 2.58. The van der Waals surface area contributed by atoms with E-state index in [-0.39, 0.29) is 5.91 Å². The van der Waals surface area contributed by atoms with Crippen LogP contribution in [0.15, 0.2) is 16.8 Å². The van der Waals surface area contributed by atoms with Crippen molar-refractivity contribution in [3.8, 4) is 0 Å². The maximum Gasteiger partial charge on any atom is 0.220 e. The Bertz CT molecular complexity index is 545. The molecule has 0 bridgehead atoms. The summed E-state index contributed by atoms with van der Waals surface area (Å²) in [5.41, 5.74) is 1.67. The number of carbonyl (C=O) groups excluding carboxylic acids is 1. The van der Waals surface area contributed by atoms with Crippen LogP contribution in [0.3, 0.4) is 0 Å². The van der Waals surface area contributed by atoms with Crippen molar-refractivity contribution < 1.29 is 9.53 Å². The van der Waals surface area contributed by atoms with Gasteiger partial charge in [-0.25, -0.2) is 0 Å². The Morgan fingerprint density at radius 1 is 1.48 bits per heavy atom. The van der Waals surface area contributed by atoms with Crippen molar-refractivity contribution in [2.45, 2.75) is 51.2 Å². The first-order valence-corrected chi connectivity index (χ1v) is 9.72. The number of rotatable bonds is 4. The van der Waals surface area contributed by atoms with Crippen LogP contribution in [0, 0.1) is 5.41 Å². The number of nitrogens with zero attached hydrogens (tertiary/aromatic N) is 2. The van der Waals surface area contributed by atoms with Crippen LogP contribution in [-0.4, -0.2) is 54.1 Å². The average Bonchev–Trinajstić information content (AvgIpc) is 2.99. The second-order valence-corrected chi connectivity index (χ2v) is 8.19. The highest BCUT2D eigenvalue weighted by atomic mass is 32.1. The summed E-state index contributed by atoms with van der Waals surface area (Å²) in [7, 11) is 0. The highest BCUT2D eigenvalue weighted by Crippen LogP contribution is 2.57. The molecule has 3 fully saturated rings. The molecule has 0 unspecified atom stereocenters. The van der Waals surface area contributed by atoms with Crippen molar-refractivity contribution >= 4 is 17.2 Å². The van der Waals surface area contributed by atoms with E-state index in [1.165, 1.54) is 44.3 Å². The third-order valence-electron chi connectivity index (χ3n) is 6.08. The standard InChI is InChI=1S/C18H26N2O2S/c1-14(21)20(11-15-3-9-23-13-15)17-10-18(17)4-6-19(7-5-18)16-2-8-22-12-16/h3,9,13,16-17H,2,4-8,10-12H2,1H3/t16-,17-/m1/s1. The number of hydrogen-bond donors (Lipinski definition) is 0. The van der Waals surface area contributed by atoms with Crippen molar-refractivity contribution in [1.29, 1.82) is 0 Å². The van der Waals surface area contributed by atoms with Crippen molar-refractivity contribution in [3.05, 3.63) is 22.4 Å². The van der Waals surface area contributed by atoms with Crippen molar-refractivity contribution in [2.75, 3.05) is 26.3 Å². The predicted octanol–water partition coefficient (Wildman–Crippen LogP) is 2.74. The topological polar surface area (TPSA) is 32.8 Å². The lowest BCUT2D eigenvalue weighted by Gasteiger charge is -2.37. The first-order valence-electron chi connectivity index (χ1n) is 8.78. The van der Waals surface area contributed by atoms with Gasteiger partial charge in [0.2, 0.25) is 5.91 Å². The highest BCUT2D eigenvalue weighted by molar-refractivity contribution is 7.07. The quantitative estimate of drug-likeness (QED) is 0.849. The van der Waals surface area contributed by atoms with E-state index < -0.39 is 0 Å². The Morgan fingerprint density at radius 3 is 2.91 bits per heavy atom. The van der Waals surface area contributed by atoms with E-state index in [2.05, 4.69) is 26.6 Å². The number of carbonyl (C=O) groups is 1. The fourth-order valence-electron chi connectivity index (χ4n) is 4.47. The van der Waals surface area contributed by atoms with Crippen molar-refractivity contribution in [2.24, 2.45) is 5.41 Å². The molecule has 1 aromatic heterocycles. The molecule has 1 aliphatic carbocycles. The lowest BCUT2D eigenvalue weighted by Crippen LogP contribution is -2.44. The van der Waals surface area contributed by atoms with E-state index in [9.17, 15) is 4.79 Å². The van der Waals surface area contributed by atoms with E-state index in [1.54, 1.807) is 18.3 Å². The largest absolute Gasteiger partial charge is 0.380 e. The van der Waals surface area contributed by atoms with Gasteiger partial charge >= 0.3 is 0 Å². The molecule has 0 radical (unpaired) electrons. The van der Waals surface area contributed by atoms with E-state index >= 15 is 0 Å². The Labute approximate surface area is 142 Å². The molecule has 1 amide bonds. The first-order chi connectivity index (χ1) is 11.2. The minimum atomic E-state index is 0.227. The molecule has 126 valence electrons. The molecule has 1 spiro atoms. The van der Waals surface area contributed by atoms with Gasteiger partial charge in [0, 0.05) is 32.2 Å². The minimum Gasteiger partial charge on any atom is -0.380 e. The van der Waals surface area contributed by atoms with Gasteiger partial charge in [-0.3, -0.25) is 9.69 Å². The summed E-state index contributed by atoms with van der Waals surface area (Å²) in [4.78, 5) is 16.9. The summed E-state index contributed by atoms with van der Waals surface area (Å²) >= 11 is 1.71. The minimum absolute atomic E-state index is 0.227. The summed E-state index contributed by atoms with van der Waals surface area (Å²) in [5.74, 6) is 0.227. The van der Waals surface area contributed by atoms with Crippen LogP contribution in [-0.2, 0) is 16.1 Å². The van der Waals surface area contributed by atoms with Crippen LogP contribution < -0.4 is 0 Å². The molecular formula is C18H26N2O2S. The summed E-state index contributed by atoms with van der Waals surface area (Å²) in [6.07, 6.45) is 4.86. The van der Waals surface area contributed by atoms with Crippen LogP contribution in [0.2, 0.25) is 0 Å². The van der Waals surface area contributed by atoms with E-state index in [4.69, 9.17) is 4.74 Å². The van der Waals surface area contributed by atoms with Gasteiger partial charge in [-0.05, 0) is 66.6 Å². The van der Waals surface area contributed by atoms with E-state index in [0.717, 1.165) is 19.8 Å². The number of ether oxygens (including phenoxy) is 1. The number of amides is 1. The SMILES string of the molecule is CC(=O)N(Cc1ccsc1)[C@@H]1CC12CCN([C@@H]1CCOC1)CC2. The lowest BCUT2D eigenvalue weighted by molar-refractivity contribution is -0.130. The second kappa shape index (κ2) is 6.19. The van der Waals surface area contributed by atoms with Gasteiger partial charge in [-0.2, -0.15) is 11.3 Å². The molecule has 4 nitrogen and oxygen atoms in total. The van der Waals surface area contributed by atoms with Gasteiger partial charge in [0.15, 0.2) is 0 Å². The van der Waals surface area contributed by atoms with Crippen LogP contribution in [0.5, 0.6) is 0 Å². The predicted molar refractivity (Wildman–Crippen MR) is 91.4 cm³/mol. The third-order valence-corrected chi connectivity index (χ3v) is 6.81. The van der Waals surface area contributed by atoms with E-state index in [1.807, 2.05) is 0 Å². The fourth-order valence-corrected chi connectivity index (χ4v) is 5.13. The zero-order valence-electron chi connectivity index (χ0n) is 13.9. The fraction of sp³-hybridized carbons (Fsp3) is 0.722. The van der Waals surface area contributed by atoms with Gasteiger partial charge < -0.3 is 9.64 Å². The molecule has 2 saturated heterocycles. The van der Waals surface area contributed by atoms with Crippen molar-refractivity contribution in [3.63, 3.8) is 0 Å². The summed E-state index contributed by atoms with van der Waals surface area (Å²) in [6.45, 7) is 6.69. The average molecular weight is 334 g/mol. The molecule has 2 aliphatic heterocycles. The molecule has 0 aromatic carbocycles. The van der Waals surface area contributed by atoms with Crippen molar-refractivity contribution in [1.82, 2.24) is 9.80 Å². The van der Waals surface area contributed by atoms with Crippen LogP contribution in [0.25, 0.3) is 0 Å². The summed E-state index contributed by atoms with van der Waals surface area (Å²) in [5, 5.41) is 4.26. The molecule has 4 rings (SSSR count). The van der Waals surface area contributed by atoms with E-state index in [0.29, 0.717) is 17.5 Å². The van der Waals surface area contributed by atoms with Gasteiger partial charge in [-0.15, -0.1) is 0 Å². The van der Waals surface area contributed by atoms with Gasteiger partial charge in [0.05, 0.1) is 6.61 Å². The third kappa shape index (κ3) is 3.06. The molecule has 5 heteroatoms. The van der Waals surface area contributed by atoms with Gasteiger partial charge in [0.25, 0.3) is 0 Å². The lowest BCUT2D eigenvalue weighted by atomic mass is 9.91. The summed E-state index contributed by atoms with van der Waals surface area (Å²) in [6, 6.07) is 3.24. The molecule has 23 heavy (non-hydrogen) atoms. The maximum absolute atomic E-state index is 12.2. The maximum atomic E-state index is 12.2. The molecule has 3 heterocycles. The van der Waals surface area contributed by atoms with Crippen LogP contribution in [0.4, 0.5) is 0 Å². The smallest absolute Gasteiger partial charge is 0.220 e. The molecule has 0 N–H and O–H groups in total. The summed E-state index contributed by atoms with van der Waals surface area (Å²) < 4.78 is 5.53. The van der Waals surface area contributed by atoms with Crippen LogP contribution in [0.1, 0.15) is 38.2 Å². The Balaban J connectivity index is 1.37. The van der Waals surface area contributed by atoms with Gasteiger partial charge in [0.1, 0.15) is 0 Å². The number of likely N-dealkylation sites (tertiary alicyclic amines) is 1. The Kier molecular flexibility index (Phi) is 4.20. The molecule has 3 aliphatic rings. The molecule has 1 aromatic rings. The Morgan fingerprint density at radius 2 is 2.30 bits per heavy atom.